The van der Waals surface area contributed by atoms with Crippen LogP contribution in [0.3, 0.4) is 0 Å². The van der Waals surface area contributed by atoms with Gasteiger partial charge in [0, 0.05) is 30.9 Å². The molecule has 0 saturated heterocycles. The second-order valence-corrected chi connectivity index (χ2v) is 6.01. The van der Waals surface area contributed by atoms with Gasteiger partial charge in [0.15, 0.2) is 6.10 Å². The van der Waals surface area contributed by atoms with Crippen LogP contribution in [0.5, 0.6) is 5.75 Å². The standard InChI is InChI=1S/C19H17N3O5/c1-12-19(24)21(2)16-11-14(6-9-17(16)27-12)20-18(23)10-5-13-3-7-15(8-4-13)22(25)26/h3-12H,1-2H3,(H,20,23)/b10-5+. The summed E-state index contributed by atoms with van der Waals surface area (Å²) in [6.07, 6.45) is 2.33. The van der Waals surface area contributed by atoms with Gasteiger partial charge < -0.3 is 15.0 Å². The summed E-state index contributed by atoms with van der Waals surface area (Å²) < 4.78 is 5.54. The van der Waals surface area contributed by atoms with Crippen LogP contribution in [-0.4, -0.2) is 29.9 Å². The van der Waals surface area contributed by atoms with E-state index < -0.39 is 11.0 Å². The van der Waals surface area contributed by atoms with Gasteiger partial charge >= 0.3 is 0 Å². The lowest BCUT2D eigenvalue weighted by molar-refractivity contribution is -0.384. The number of nitro benzene ring substituents is 1. The molecule has 1 unspecified atom stereocenters. The molecule has 0 aromatic heterocycles. The number of fused-ring (bicyclic) bond motifs is 1. The number of likely N-dealkylation sites (N-methyl/N-ethyl adjacent to an activating group) is 1. The Kier molecular flexibility index (Phi) is 4.89. The molecular formula is C19H17N3O5. The van der Waals surface area contributed by atoms with E-state index in [0.29, 0.717) is 22.7 Å². The summed E-state index contributed by atoms with van der Waals surface area (Å²) in [5, 5.41) is 13.3. The Morgan fingerprint density at radius 3 is 2.63 bits per heavy atom. The Morgan fingerprint density at radius 1 is 1.26 bits per heavy atom. The molecule has 1 aliphatic rings. The van der Waals surface area contributed by atoms with Gasteiger partial charge in [-0.1, -0.05) is 0 Å². The normalized spacial score (nSPS) is 16.0. The molecule has 2 amide bonds. The topological polar surface area (TPSA) is 102 Å². The Bertz CT molecular complexity index is 937. The molecular weight excluding hydrogens is 350 g/mol. The Balaban J connectivity index is 1.69. The number of carbonyl (C=O) groups excluding carboxylic acids is 2. The van der Waals surface area contributed by atoms with Crippen LogP contribution in [0.1, 0.15) is 12.5 Å². The lowest BCUT2D eigenvalue weighted by Gasteiger charge is -2.30. The van der Waals surface area contributed by atoms with Crippen molar-refractivity contribution in [1.82, 2.24) is 0 Å². The maximum absolute atomic E-state index is 12.1. The van der Waals surface area contributed by atoms with Crippen molar-refractivity contribution < 1.29 is 19.2 Å². The summed E-state index contributed by atoms with van der Waals surface area (Å²) in [5.74, 6) is 0.0421. The molecule has 3 rings (SSSR count). The molecule has 2 aromatic carbocycles. The van der Waals surface area contributed by atoms with E-state index in [-0.39, 0.29) is 17.5 Å². The number of nitrogens with zero attached hydrogens (tertiary/aromatic N) is 2. The Morgan fingerprint density at radius 2 is 1.96 bits per heavy atom. The molecule has 8 heteroatoms. The van der Waals surface area contributed by atoms with Crippen LogP contribution >= 0.6 is 0 Å². The van der Waals surface area contributed by atoms with E-state index >= 15 is 0 Å². The lowest BCUT2D eigenvalue weighted by Crippen LogP contribution is -2.41. The number of carbonyl (C=O) groups is 2. The highest BCUT2D eigenvalue weighted by Gasteiger charge is 2.28. The number of anilines is 2. The molecule has 0 spiro atoms. The van der Waals surface area contributed by atoms with Crippen molar-refractivity contribution in [2.24, 2.45) is 0 Å². The van der Waals surface area contributed by atoms with Gasteiger partial charge in [0.05, 0.1) is 10.6 Å². The van der Waals surface area contributed by atoms with Crippen LogP contribution in [0.15, 0.2) is 48.5 Å². The van der Waals surface area contributed by atoms with Crippen molar-refractivity contribution in [3.8, 4) is 5.75 Å². The largest absolute Gasteiger partial charge is 0.479 e. The average Bonchev–Trinajstić information content (AvgIpc) is 2.65. The number of non-ortho nitro benzene ring substituents is 1. The first-order valence-electron chi connectivity index (χ1n) is 8.17. The number of ether oxygens (including phenoxy) is 1. The molecule has 138 valence electrons. The monoisotopic (exact) mass is 367 g/mol. The molecule has 8 nitrogen and oxygen atoms in total. The smallest absolute Gasteiger partial charge is 0.269 e. The van der Waals surface area contributed by atoms with E-state index in [2.05, 4.69) is 5.32 Å². The van der Waals surface area contributed by atoms with Crippen LogP contribution in [0.4, 0.5) is 17.1 Å². The van der Waals surface area contributed by atoms with Crippen LogP contribution in [0.25, 0.3) is 6.08 Å². The minimum atomic E-state index is -0.549. The van der Waals surface area contributed by atoms with Gasteiger partial charge in [0.25, 0.3) is 11.6 Å². The Labute approximate surface area is 155 Å². The number of hydrogen-bond acceptors (Lipinski definition) is 5. The van der Waals surface area contributed by atoms with E-state index in [1.165, 1.54) is 23.1 Å². The third-order valence-corrected chi connectivity index (χ3v) is 4.10. The van der Waals surface area contributed by atoms with Gasteiger partial charge in [-0.3, -0.25) is 19.7 Å². The third-order valence-electron chi connectivity index (χ3n) is 4.10. The minimum Gasteiger partial charge on any atom is -0.479 e. The number of rotatable bonds is 4. The van der Waals surface area contributed by atoms with E-state index in [1.807, 2.05) is 0 Å². The van der Waals surface area contributed by atoms with E-state index in [4.69, 9.17) is 4.74 Å². The number of benzene rings is 2. The number of amides is 2. The predicted molar refractivity (Wildman–Crippen MR) is 101 cm³/mol. The molecule has 1 atom stereocenters. The first-order chi connectivity index (χ1) is 12.8. The van der Waals surface area contributed by atoms with Gasteiger partial charge in [-0.2, -0.15) is 0 Å². The summed E-state index contributed by atoms with van der Waals surface area (Å²) in [6, 6.07) is 10.9. The second kappa shape index (κ2) is 7.28. The van der Waals surface area contributed by atoms with Crippen LogP contribution in [0.2, 0.25) is 0 Å². The summed E-state index contributed by atoms with van der Waals surface area (Å²) >= 11 is 0. The van der Waals surface area contributed by atoms with Crippen molar-refractivity contribution in [3.05, 3.63) is 64.2 Å². The fourth-order valence-electron chi connectivity index (χ4n) is 2.65. The maximum atomic E-state index is 12.1. The summed E-state index contributed by atoms with van der Waals surface area (Å²) in [7, 11) is 1.65. The van der Waals surface area contributed by atoms with Crippen LogP contribution in [-0.2, 0) is 9.59 Å². The first-order valence-corrected chi connectivity index (χ1v) is 8.17. The zero-order valence-corrected chi connectivity index (χ0v) is 14.7. The fourth-order valence-corrected chi connectivity index (χ4v) is 2.65. The highest BCUT2D eigenvalue weighted by molar-refractivity contribution is 6.04. The van der Waals surface area contributed by atoms with E-state index in [9.17, 15) is 19.7 Å². The zero-order valence-electron chi connectivity index (χ0n) is 14.7. The second-order valence-electron chi connectivity index (χ2n) is 6.01. The van der Waals surface area contributed by atoms with Crippen molar-refractivity contribution in [3.63, 3.8) is 0 Å². The van der Waals surface area contributed by atoms with E-state index in [0.717, 1.165) is 0 Å². The Hall–Kier alpha value is -3.68. The number of nitro groups is 1. The number of hydrogen-bond donors (Lipinski definition) is 1. The number of nitrogens with one attached hydrogen (secondary N) is 1. The van der Waals surface area contributed by atoms with Gasteiger partial charge in [-0.15, -0.1) is 0 Å². The average molecular weight is 367 g/mol. The fraction of sp³-hybridized carbons (Fsp3) is 0.158. The predicted octanol–water partition coefficient (Wildman–Crippen LogP) is 2.99. The highest BCUT2D eigenvalue weighted by Crippen LogP contribution is 2.35. The molecule has 0 fully saturated rings. The first kappa shape index (κ1) is 18.1. The summed E-state index contributed by atoms with van der Waals surface area (Å²) in [4.78, 5) is 35.8. The summed E-state index contributed by atoms with van der Waals surface area (Å²) in [5.41, 5.74) is 1.75. The van der Waals surface area contributed by atoms with Gasteiger partial charge in [0.1, 0.15) is 5.75 Å². The molecule has 0 saturated carbocycles. The van der Waals surface area contributed by atoms with Crippen molar-refractivity contribution in [1.29, 1.82) is 0 Å². The third kappa shape index (κ3) is 3.95. The highest BCUT2D eigenvalue weighted by atomic mass is 16.6. The molecule has 1 heterocycles. The van der Waals surface area contributed by atoms with Gasteiger partial charge in [-0.05, 0) is 48.9 Å². The quantitative estimate of drug-likeness (QED) is 0.508. The minimum absolute atomic E-state index is 0.0131. The lowest BCUT2D eigenvalue weighted by atomic mass is 10.1. The molecule has 0 bridgehead atoms. The summed E-state index contributed by atoms with van der Waals surface area (Å²) in [6.45, 7) is 1.68. The van der Waals surface area contributed by atoms with E-state index in [1.54, 1.807) is 50.4 Å². The SMILES string of the molecule is CC1Oc2ccc(NC(=O)/C=C/c3ccc([N+](=O)[O-])cc3)cc2N(C)C1=O. The molecule has 0 aliphatic carbocycles. The van der Waals surface area contributed by atoms with Crippen LogP contribution < -0.4 is 15.0 Å². The molecule has 1 aliphatic heterocycles. The maximum Gasteiger partial charge on any atom is 0.269 e. The van der Waals surface area contributed by atoms with Crippen molar-refractivity contribution >= 4 is 35.0 Å². The van der Waals surface area contributed by atoms with Crippen LogP contribution in [0, 0.1) is 10.1 Å². The molecule has 2 aromatic rings. The zero-order chi connectivity index (χ0) is 19.6. The molecule has 1 N–H and O–H groups in total. The van der Waals surface area contributed by atoms with Gasteiger partial charge in [-0.25, -0.2) is 0 Å². The van der Waals surface area contributed by atoms with Crippen molar-refractivity contribution in [2.75, 3.05) is 17.3 Å². The molecule has 27 heavy (non-hydrogen) atoms. The van der Waals surface area contributed by atoms with Gasteiger partial charge in [0.2, 0.25) is 5.91 Å². The molecule has 0 radical (unpaired) electrons. The van der Waals surface area contributed by atoms with Crippen molar-refractivity contribution in [2.45, 2.75) is 13.0 Å².